The molecule has 1 aromatic heterocycles. The Labute approximate surface area is 102 Å². The molecule has 2 heterocycles. The monoisotopic (exact) mass is 233 g/mol. The molecular weight excluding hydrogens is 214 g/mol. The van der Waals surface area contributed by atoms with Crippen LogP contribution in [0.3, 0.4) is 0 Å². The SMILES string of the molecule is CC(C)C1CCN(C(=O)c2ccncn2)CC1. The first kappa shape index (κ1) is 12.0. The third-order valence-electron chi connectivity index (χ3n) is 3.57. The van der Waals surface area contributed by atoms with Gasteiger partial charge in [-0.2, -0.15) is 0 Å². The number of hydrogen-bond donors (Lipinski definition) is 0. The molecule has 0 atom stereocenters. The number of rotatable bonds is 2. The summed E-state index contributed by atoms with van der Waals surface area (Å²) < 4.78 is 0. The minimum absolute atomic E-state index is 0.0367. The molecule has 0 aliphatic carbocycles. The number of carbonyl (C=O) groups excluding carboxylic acids is 1. The van der Waals surface area contributed by atoms with Gasteiger partial charge in [0, 0.05) is 19.3 Å². The highest BCUT2D eigenvalue weighted by molar-refractivity contribution is 5.92. The van der Waals surface area contributed by atoms with Crippen molar-refractivity contribution in [2.75, 3.05) is 13.1 Å². The largest absolute Gasteiger partial charge is 0.337 e. The number of piperidine rings is 1. The van der Waals surface area contributed by atoms with Gasteiger partial charge in [-0.3, -0.25) is 4.79 Å². The molecule has 0 unspecified atom stereocenters. The van der Waals surface area contributed by atoms with Gasteiger partial charge in [-0.25, -0.2) is 9.97 Å². The summed E-state index contributed by atoms with van der Waals surface area (Å²) in [6, 6.07) is 1.68. The molecule has 17 heavy (non-hydrogen) atoms. The van der Waals surface area contributed by atoms with Gasteiger partial charge in [-0.1, -0.05) is 13.8 Å². The number of likely N-dealkylation sites (tertiary alicyclic amines) is 1. The van der Waals surface area contributed by atoms with Gasteiger partial charge in [0.05, 0.1) is 0 Å². The third-order valence-corrected chi connectivity index (χ3v) is 3.57. The van der Waals surface area contributed by atoms with Crippen molar-refractivity contribution in [3.8, 4) is 0 Å². The lowest BCUT2D eigenvalue weighted by atomic mass is 9.86. The Morgan fingerprint density at radius 3 is 2.65 bits per heavy atom. The maximum absolute atomic E-state index is 12.1. The summed E-state index contributed by atoms with van der Waals surface area (Å²) >= 11 is 0. The molecule has 0 bridgehead atoms. The highest BCUT2D eigenvalue weighted by atomic mass is 16.2. The molecule has 1 saturated heterocycles. The lowest BCUT2D eigenvalue weighted by Gasteiger charge is -2.33. The van der Waals surface area contributed by atoms with Crippen molar-refractivity contribution >= 4 is 5.91 Å². The van der Waals surface area contributed by atoms with Crippen LogP contribution in [0.15, 0.2) is 18.6 Å². The molecule has 1 aromatic rings. The van der Waals surface area contributed by atoms with E-state index < -0.39 is 0 Å². The first-order valence-corrected chi connectivity index (χ1v) is 6.23. The highest BCUT2D eigenvalue weighted by Gasteiger charge is 2.25. The Morgan fingerprint density at radius 1 is 1.41 bits per heavy atom. The minimum atomic E-state index is 0.0367. The summed E-state index contributed by atoms with van der Waals surface area (Å²) in [6.45, 7) is 6.22. The van der Waals surface area contributed by atoms with Gasteiger partial charge in [0.2, 0.25) is 0 Å². The Kier molecular flexibility index (Phi) is 3.71. The molecule has 1 aliphatic heterocycles. The van der Waals surface area contributed by atoms with Crippen LogP contribution in [0.2, 0.25) is 0 Å². The van der Waals surface area contributed by atoms with Gasteiger partial charge in [0.25, 0.3) is 5.91 Å². The van der Waals surface area contributed by atoms with Gasteiger partial charge in [0.15, 0.2) is 0 Å². The van der Waals surface area contributed by atoms with Crippen molar-refractivity contribution in [3.63, 3.8) is 0 Å². The van der Waals surface area contributed by atoms with Gasteiger partial charge >= 0.3 is 0 Å². The summed E-state index contributed by atoms with van der Waals surface area (Å²) in [7, 11) is 0. The quantitative estimate of drug-likeness (QED) is 0.784. The predicted molar refractivity (Wildman–Crippen MR) is 65.5 cm³/mol. The molecule has 2 rings (SSSR count). The van der Waals surface area contributed by atoms with Gasteiger partial charge in [-0.05, 0) is 30.7 Å². The molecule has 1 amide bonds. The Morgan fingerprint density at radius 2 is 2.12 bits per heavy atom. The maximum atomic E-state index is 12.1. The summed E-state index contributed by atoms with van der Waals surface area (Å²) in [5.74, 6) is 1.50. The third kappa shape index (κ3) is 2.81. The predicted octanol–water partition coefficient (Wildman–Crippen LogP) is 1.98. The maximum Gasteiger partial charge on any atom is 0.272 e. The number of carbonyl (C=O) groups is 1. The summed E-state index contributed by atoms with van der Waals surface area (Å²) in [5, 5.41) is 0. The normalized spacial score (nSPS) is 17.5. The van der Waals surface area contributed by atoms with E-state index >= 15 is 0 Å². The molecule has 0 aromatic carbocycles. The molecule has 0 N–H and O–H groups in total. The number of aromatic nitrogens is 2. The van der Waals surface area contributed by atoms with Crippen molar-refractivity contribution < 1.29 is 4.79 Å². The molecule has 0 radical (unpaired) electrons. The Balaban J connectivity index is 1.95. The number of hydrogen-bond acceptors (Lipinski definition) is 3. The van der Waals surface area contributed by atoms with Crippen LogP contribution in [0.5, 0.6) is 0 Å². The smallest absolute Gasteiger partial charge is 0.272 e. The van der Waals surface area contributed by atoms with E-state index in [4.69, 9.17) is 0 Å². The molecule has 0 spiro atoms. The zero-order chi connectivity index (χ0) is 12.3. The van der Waals surface area contributed by atoms with E-state index in [1.165, 1.54) is 6.33 Å². The zero-order valence-electron chi connectivity index (χ0n) is 10.5. The molecular formula is C13H19N3O. The topological polar surface area (TPSA) is 46.1 Å². The van der Waals surface area contributed by atoms with E-state index in [1.54, 1.807) is 12.3 Å². The molecule has 4 nitrogen and oxygen atoms in total. The summed E-state index contributed by atoms with van der Waals surface area (Å²) in [6.07, 6.45) is 5.25. The van der Waals surface area contributed by atoms with Gasteiger partial charge < -0.3 is 4.90 Å². The van der Waals surface area contributed by atoms with Crippen LogP contribution in [0.1, 0.15) is 37.2 Å². The van der Waals surface area contributed by atoms with Crippen LogP contribution in [0.4, 0.5) is 0 Å². The van der Waals surface area contributed by atoms with E-state index in [9.17, 15) is 4.79 Å². The zero-order valence-corrected chi connectivity index (χ0v) is 10.5. The first-order chi connectivity index (χ1) is 8.18. The molecule has 0 saturated carbocycles. The molecule has 92 valence electrons. The van der Waals surface area contributed by atoms with Gasteiger partial charge in [-0.15, -0.1) is 0 Å². The summed E-state index contributed by atoms with van der Waals surface area (Å²) in [4.78, 5) is 21.8. The second-order valence-electron chi connectivity index (χ2n) is 4.97. The van der Waals surface area contributed by atoms with E-state index in [2.05, 4.69) is 23.8 Å². The van der Waals surface area contributed by atoms with Crippen LogP contribution >= 0.6 is 0 Å². The van der Waals surface area contributed by atoms with E-state index in [0.29, 0.717) is 11.6 Å². The summed E-state index contributed by atoms with van der Waals surface area (Å²) in [5.41, 5.74) is 0.503. The minimum Gasteiger partial charge on any atom is -0.337 e. The van der Waals surface area contributed by atoms with Crippen molar-refractivity contribution in [1.82, 2.24) is 14.9 Å². The number of amides is 1. The van der Waals surface area contributed by atoms with Crippen LogP contribution in [-0.4, -0.2) is 33.9 Å². The van der Waals surface area contributed by atoms with Crippen molar-refractivity contribution in [3.05, 3.63) is 24.3 Å². The standard InChI is InChI=1S/C13H19N3O/c1-10(2)11-4-7-16(8-5-11)13(17)12-3-6-14-9-15-12/h3,6,9-11H,4-5,7-8H2,1-2H3. The van der Waals surface area contributed by atoms with E-state index in [1.807, 2.05) is 4.90 Å². The fourth-order valence-electron chi connectivity index (χ4n) is 2.35. The first-order valence-electron chi connectivity index (χ1n) is 6.23. The van der Waals surface area contributed by atoms with Crippen LogP contribution in [-0.2, 0) is 0 Å². The Hall–Kier alpha value is -1.45. The van der Waals surface area contributed by atoms with Crippen LogP contribution in [0, 0.1) is 11.8 Å². The van der Waals surface area contributed by atoms with Crippen LogP contribution in [0.25, 0.3) is 0 Å². The second kappa shape index (κ2) is 5.25. The van der Waals surface area contributed by atoms with Crippen LogP contribution < -0.4 is 0 Å². The van der Waals surface area contributed by atoms with E-state index in [0.717, 1.165) is 31.8 Å². The fourth-order valence-corrected chi connectivity index (χ4v) is 2.35. The number of nitrogens with zero attached hydrogens (tertiary/aromatic N) is 3. The average molecular weight is 233 g/mol. The second-order valence-corrected chi connectivity index (χ2v) is 4.97. The van der Waals surface area contributed by atoms with Crippen molar-refractivity contribution in [2.45, 2.75) is 26.7 Å². The lowest BCUT2D eigenvalue weighted by Crippen LogP contribution is -2.39. The van der Waals surface area contributed by atoms with Crippen molar-refractivity contribution in [2.24, 2.45) is 11.8 Å². The highest BCUT2D eigenvalue weighted by Crippen LogP contribution is 2.24. The van der Waals surface area contributed by atoms with Gasteiger partial charge in [0.1, 0.15) is 12.0 Å². The molecule has 4 heteroatoms. The van der Waals surface area contributed by atoms with E-state index in [-0.39, 0.29) is 5.91 Å². The average Bonchev–Trinajstić information content (AvgIpc) is 2.39. The van der Waals surface area contributed by atoms with Crippen molar-refractivity contribution in [1.29, 1.82) is 0 Å². The lowest BCUT2D eigenvalue weighted by molar-refractivity contribution is 0.0661. The molecule has 1 aliphatic rings. The molecule has 1 fully saturated rings. The Bertz CT molecular complexity index is 370. The fraction of sp³-hybridized carbons (Fsp3) is 0.615.